The molecule has 1 aliphatic rings. The zero-order chi connectivity index (χ0) is 12.9. The lowest BCUT2D eigenvalue weighted by Gasteiger charge is -2.17. The molecule has 98 valence electrons. The summed E-state index contributed by atoms with van der Waals surface area (Å²) in [4.78, 5) is 6.74. The van der Waals surface area contributed by atoms with Crippen LogP contribution in [0.25, 0.3) is 0 Å². The zero-order valence-electron chi connectivity index (χ0n) is 11.0. The monoisotopic (exact) mass is 254 g/mol. The van der Waals surface area contributed by atoms with E-state index in [0.717, 1.165) is 18.7 Å². The first kappa shape index (κ1) is 12.0. The summed E-state index contributed by atoms with van der Waals surface area (Å²) in [6.07, 6.45) is 4.48. The fourth-order valence-electron chi connectivity index (χ4n) is 2.35. The molecule has 0 atom stereocenters. The van der Waals surface area contributed by atoms with Crippen LogP contribution in [-0.2, 0) is 6.61 Å². The molecule has 1 fully saturated rings. The number of nitrogens with zero attached hydrogens (tertiary/aromatic N) is 2. The predicted octanol–water partition coefficient (Wildman–Crippen LogP) is 3.26. The number of anilines is 1. The summed E-state index contributed by atoms with van der Waals surface area (Å²) in [5.74, 6) is 0.687. The summed E-state index contributed by atoms with van der Waals surface area (Å²) >= 11 is 0. The van der Waals surface area contributed by atoms with Gasteiger partial charge in [0.25, 0.3) is 0 Å². The molecule has 1 aromatic carbocycles. The third-order valence-electron chi connectivity index (χ3n) is 3.42. The Morgan fingerprint density at radius 2 is 1.79 bits per heavy atom. The molecule has 0 spiro atoms. The molecular formula is C16H18N2O. The average Bonchev–Trinajstić information content (AvgIpc) is 3.01. The number of hydrogen-bond donors (Lipinski definition) is 0. The van der Waals surface area contributed by atoms with Crippen LogP contribution in [-0.4, -0.2) is 18.1 Å². The van der Waals surface area contributed by atoms with Gasteiger partial charge < -0.3 is 9.64 Å². The van der Waals surface area contributed by atoms with Gasteiger partial charge in [-0.15, -0.1) is 0 Å². The highest BCUT2D eigenvalue weighted by Gasteiger charge is 2.12. The number of hydrogen-bond acceptors (Lipinski definition) is 3. The van der Waals surface area contributed by atoms with Crippen molar-refractivity contribution in [2.75, 3.05) is 18.0 Å². The van der Waals surface area contributed by atoms with E-state index < -0.39 is 0 Å². The van der Waals surface area contributed by atoms with E-state index in [1.165, 1.54) is 18.5 Å². The van der Waals surface area contributed by atoms with E-state index in [9.17, 15) is 0 Å². The highest BCUT2D eigenvalue weighted by molar-refractivity contribution is 5.46. The Labute approximate surface area is 113 Å². The van der Waals surface area contributed by atoms with E-state index in [1.807, 2.05) is 30.5 Å². The molecule has 1 saturated heterocycles. The summed E-state index contributed by atoms with van der Waals surface area (Å²) in [6.45, 7) is 2.86. The largest absolute Gasteiger partial charge is 0.473 e. The lowest BCUT2D eigenvalue weighted by molar-refractivity contribution is 0.294. The minimum Gasteiger partial charge on any atom is -0.473 e. The zero-order valence-corrected chi connectivity index (χ0v) is 11.0. The van der Waals surface area contributed by atoms with Gasteiger partial charge in [0.2, 0.25) is 5.88 Å². The number of ether oxygens (including phenoxy) is 1. The van der Waals surface area contributed by atoms with Gasteiger partial charge in [-0.05, 0) is 24.5 Å². The fourth-order valence-corrected chi connectivity index (χ4v) is 2.35. The van der Waals surface area contributed by atoms with Crippen LogP contribution in [0.4, 0.5) is 5.69 Å². The van der Waals surface area contributed by atoms with Crippen LogP contribution in [0.5, 0.6) is 5.88 Å². The average molecular weight is 254 g/mol. The van der Waals surface area contributed by atoms with Gasteiger partial charge in [0.1, 0.15) is 6.61 Å². The quantitative estimate of drug-likeness (QED) is 0.837. The summed E-state index contributed by atoms with van der Waals surface area (Å²) in [5.41, 5.74) is 2.36. The predicted molar refractivity (Wildman–Crippen MR) is 76.5 cm³/mol. The lowest BCUT2D eigenvalue weighted by atomic mass is 10.2. The third-order valence-corrected chi connectivity index (χ3v) is 3.42. The molecule has 1 aliphatic heterocycles. The van der Waals surface area contributed by atoms with E-state index in [0.29, 0.717) is 12.5 Å². The van der Waals surface area contributed by atoms with Crippen molar-refractivity contribution in [3.8, 4) is 5.88 Å². The van der Waals surface area contributed by atoms with E-state index in [-0.39, 0.29) is 0 Å². The van der Waals surface area contributed by atoms with Crippen molar-refractivity contribution in [3.05, 3.63) is 54.2 Å². The van der Waals surface area contributed by atoms with Crippen LogP contribution >= 0.6 is 0 Å². The SMILES string of the molecule is c1ccc(COc2ccc(N3CCCC3)cn2)cc1. The van der Waals surface area contributed by atoms with E-state index in [1.54, 1.807) is 0 Å². The minimum absolute atomic E-state index is 0.566. The van der Waals surface area contributed by atoms with Gasteiger partial charge in [-0.3, -0.25) is 0 Å². The van der Waals surface area contributed by atoms with Crippen molar-refractivity contribution in [3.63, 3.8) is 0 Å². The normalized spacial score (nSPS) is 14.6. The molecule has 0 amide bonds. The van der Waals surface area contributed by atoms with Crippen molar-refractivity contribution in [1.82, 2.24) is 4.98 Å². The second kappa shape index (κ2) is 5.74. The highest BCUT2D eigenvalue weighted by Crippen LogP contribution is 2.21. The van der Waals surface area contributed by atoms with Crippen LogP contribution in [0.15, 0.2) is 48.7 Å². The number of benzene rings is 1. The first-order valence-electron chi connectivity index (χ1n) is 6.79. The number of rotatable bonds is 4. The molecule has 0 bridgehead atoms. The van der Waals surface area contributed by atoms with Crippen molar-refractivity contribution >= 4 is 5.69 Å². The molecule has 0 aliphatic carbocycles. The van der Waals surface area contributed by atoms with Crippen molar-refractivity contribution < 1.29 is 4.74 Å². The minimum atomic E-state index is 0.566. The maximum absolute atomic E-state index is 5.68. The number of pyridine rings is 1. The van der Waals surface area contributed by atoms with Gasteiger partial charge in [-0.25, -0.2) is 4.98 Å². The summed E-state index contributed by atoms with van der Waals surface area (Å²) in [5, 5.41) is 0. The molecule has 0 saturated carbocycles. The van der Waals surface area contributed by atoms with Gasteiger partial charge >= 0.3 is 0 Å². The standard InChI is InChI=1S/C16H18N2O/c1-2-6-14(7-3-1)13-19-16-9-8-15(12-17-16)18-10-4-5-11-18/h1-3,6-9,12H,4-5,10-11,13H2. The van der Waals surface area contributed by atoms with Crippen molar-refractivity contribution in [2.24, 2.45) is 0 Å². The second-order valence-electron chi connectivity index (χ2n) is 4.82. The maximum Gasteiger partial charge on any atom is 0.213 e. The van der Waals surface area contributed by atoms with Gasteiger partial charge in [0.05, 0.1) is 11.9 Å². The molecule has 1 aromatic heterocycles. The number of aromatic nitrogens is 1. The second-order valence-corrected chi connectivity index (χ2v) is 4.82. The first-order chi connectivity index (χ1) is 9.42. The molecule has 3 nitrogen and oxygen atoms in total. The summed E-state index contributed by atoms with van der Waals surface area (Å²) in [7, 11) is 0. The lowest BCUT2D eigenvalue weighted by Crippen LogP contribution is -2.17. The molecule has 3 heteroatoms. The smallest absolute Gasteiger partial charge is 0.213 e. The summed E-state index contributed by atoms with van der Waals surface area (Å²) in [6, 6.07) is 14.2. The Kier molecular flexibility index (Phi) is 3.63. The molecule has 2 aromatic rings. The van der Waals surface area contributed by atoms with E-state index in [4.69, 9.17) is 4.74 Å². The third kappa shape index (κ3) is 3.05. The molecule has 0 unspecified atom stereocenters. The Balaban J connectivity index is 1.60. The Morgan fingerprint density at radius 1 is 1.00 bits per heavy atom. The fraction of sp³-hybridized carbons (Fsp3) is 0.312. The Morgan fingerprint density at radius 3 is 2.47 bits per heavy atom. The van der Waals surface area contributed by atoms with Gasteiger partial charge in [0, 0.05) is 19.2 Å². The van der Waals surface area contributed by atoms with Crippen LogP contribution in [0.1, 0.15) is 18.4 Å². The Hall–Kier alpha value is -2.03. The van der Waals surface area contributed by atoms with Crippen LogP contribution in [0.2, 0.25) is 0 Å². The molecule has 0 N–H and O–H groups in total. The maximum atomic E-state index is 5.68. The van der Waals surface area contributed by atoms with E-state index in [2.05, 4.69) is 28.1 Å². The van der Waals surface area contributed by atoms with Gasteiger partial charge in [-0.1, -0.05) is 30.3 Å². The van der Waals surface area contributed by atoms with Crippen molar-refractivity contribution in [1.29, 1.82) is 0 Å². The first-order valence-corrected chi connectivity index (χ1v) is 6.79. The molecule has 0 radical (unpaired) electrons. The van der Waals surface area contributed by atoms with Crippen LogP contribution in [0.3, 0.4) is 0 Å². The molecule has 3 rings (SSSR count). The molecule has 19 heavy (non-hydrogen) atoms. The topological polar surface area (TPSA) is 25.4 Å². The van der Waals surface area contributed by atoms with Crippen LogP contribution in [0, 0.1) is 0 Å². The summed E-state index contributed by atoms with van der Waals surface area (Å²) < 4.78 is 5.68. The highest BCUT2D eigenvalue weighted by atomic mass is 16.5. The van der Waals surface area contributed by atoms with Gasteiger partial charge in [-0.2, -0.15) is 0 Å². The van der Waals surface area contributed by atoms with Crippen LogP contribution < -0.4 is 9.64 Å². The van der Waals surface area contributed by atoms with Crippen molar-refractivity contribution in [2.45, 2.75) is 19.4 Å². The Bertz CT molecular complexity index is 504. The van der Waals surface area contributed by atoms with E-state index >= 15 is 0 Å². The molecule has 2 heterocycles. The molecular weight excluding hydrogens is 236 g/mol. The van der Waals surface area contributed by atoms with Gasteiger partial charge in [0.15, 0.2) is 0 Å².